The molecule has 92 valence electrons. The number of amides is 1. The molecule has 0 radical (unpaired) electrons. The topological polar surface area (TPSA) is 44.4 Å². The van der Waals surface area contributed by atoms with Crippen LogP contribution in [0.3, 0.4) is 0 Å². The highest BCUT2D eigenvalue weighted by molar-refractivity contribution is 5.81. The van der Waals surface area contributed by atoms with Crippen molar-refractivity contribution < 1.29 is 4.79 Å². The summed E-state index contributed by atoms with van der Waals surface area (Å²) in [5.41, 5.74) is 0. The number of carbonyl (C=O) groups is 1. The van der Waals surface area contributed by atoms with E-state index in [0.29, 0.717) is 12.1 Å². The van der Waals surface area contributed by atoms with Gasteiger partial charge >= 0.3 is 0 Å². The van der Waals surface area contributed by atoms with Crippen molar-refractivity contribution in [2.24, 2.45) is 0 Å². The number of likely N-dealkylation sites (N-methyl/N-ethyl adjacent to an activating group) is 1. The van der Waals surface area contributed by atoms with Crippen molar-refractivity contribution in [2.75, 3.05) is 20.1 Å². The maximum atomic E-state index is 12.0. The first kappa shape index (κ1) is 11.9. The smallest absolute Gasteiger partial charge is 0.237 e. The number of hydrogen-bond donors (Lipinski definition) is 2. The Morgan fingerprint density at radius 1 is 1.38 bits per heavy atom. The molecule has 1 saturated heterocycles. The highest BCUT2D eigenvalue weighted by Gasteiger charge is 2.29. The Bertz CT molecular complexity index is 247. The van der Waals surface area contributed by atoms with E-state index in [4.69, 9.17) is 0 Å². The molecule has 1 saturated carbocycles. The zero-order chi connectivity index (χ0) is 11.5. The normalized spacial score (nSPS) is 24.4. The minimum atomic E-state index is -0.00676. The van der Waals surface area contributed by atoms with Gasteiger partial charge in [0, 0.05) is 25.2 Å². The molecule has 0 aromatic carbocycles. The molecule has 1 atom stereocenters. The minimum absolute atomic E-state index is 0.00676. The summed E-state index contributed by atoms with van der Waals surface area (Å²) in [6, 6.07) is 0.958. The van der Waals surface area contributed by atoms with E-state index in [1.165, 1.54) is 12.8 Å². The molecule has 2 rings (SSSR count). The lowest BCUT2D eigenvalue weighted by Gasteiger charge is -2.38. The van der Waals surface area contributed by atoms with Crippen LogP contribution >= 0.6 is 0 Å². The van der Waals surface area contributed by atoms with Gasteiger partial charge in [-0.25, -0.2) is 0 Å². The van der Waals surface area contributed by atoms with Crippen molar-refractivity contribution in [1.29, 1.82) is 0 Å². The third-order valence-electron chi connectivity index (χ3n) is 4.03. The first-order valence-electron chi connectivity index (χ1n) is 6.41. The summed E-state index contributed by atoms with van der Waals surface area (Å²) in [5, 5.41) is 6.40. The van der Waals surface area contributed by atoms with Crippen LogP contribution in [0, 0.1) is 0 Å². The molecule has 0 aromatic rings. The molecule has 1 aliphatic carbocycles. The van der Waals surface area contributed by atoms with Gasteiger partial charge in [0.2, 0.25) is 5.91 Å². The quantitative estimate of drug-likeness (QED) is 0.725. The summed E-state index contributed by atoms with van der Waals surface area (Å²) < 4.78 is 0. The fraction of sp³-hybridized carbons (Fsp3) is 0.917. The minimum Gasteiger partial charge on any atom is -0.352 e. The van der Waals surface area contributed by atoms with Crippen LogP contribution in [-0.2, 0) is 4.79 Å². The molecule has 1 aliphatic heterocycles. The largest absolute Gasteiger partial charge is 0.352 e. The van der Waals surface area contributed by atoms with Gasteiger partial charge in [-0.2, -0.15) is 0 Å². The summed E-state index contributed by atoms with van der Waals surface area (Å²) in [6.07, 6.45) is 4.85. The number of nitrogens with zero attached hydrogens (tertiary/aromatic N) is 1. The molecule has 16 heavy (non-hydrogen) atoms. The number of rotatable bonds is 4. The molecule has 4 nitrogen and oxygen atoms in total. The van der Waals surface area contributed by atoms with E-state index >= 15 is 0 Å². The number of hydrogen-bond acceptors (Lipinski definition) is 3. The fourth-order valence-corrected chi connectivity index (χ4v) is 2.45. The van der Waals surface area contributed by atoms with Crippen LogP contribution in [-0.4, -0.2) is 49.1 Å². The fourth-order valence-electron chi connectivity index (χ4n) is 2.45. The van der Waals surface area contributed by atoms with Crippen LogP contribution < -0.4 is 10.6 Å². The van der Waals surface area contributed by atoms with E-state index in [0.717, 1.165) is 25.9 Å². The van der Waals surface area contributed by atoms with Gasteiger partial charge in [0.1, 0.15) is 0 Å². The molecule has 0 spiro atoms. The maximum Gasteiger partial charge on any atom is 0.237 e. The van der Waals surface area contributed by atoms with Gasteiger partial charge in [0.15, 0.2) is 0 Å². The molecule has 0 bridgehead atoms. The van der Waals surface area contributed by atoms with Crippen molar-refractivity contribution in [3.8, 4) is 0 Å². The average molecular weight is 225 g/mol. The SMILES string of the molecule is CC(C(=O)NC1CCCC1)N(C)C1CNC1. The van der Waals surface area contributed by atoms with Crippen molar-refractivity contribution in [1.82, 2.24) is 15.5 Å². The second kappa shape index (κ2) is 5.15. The molecule has 1 amide bonds. The van der Waals surface area contributed by atoms with E-state index in [2.05, 4.69) is 15.5 Å². The molecule has 1 unspecified atom stereocenters. The van der Waals surface area contributed by atoms with Crippen LogP contribution in [0.2, 0.25) is 0 Å². The molecule has 2 N–H and O–H groups in total. The Morgan fingerprint density at radius 2 is 2.00 bits per heavy atom. The van der Waals surface area contributed by atoms with Gasteiger partial charge in [-0.1, -0.05) is 12.8 Å². The van der Waals surface area contributed by atoms with E-state index in [9.17, 15) is 4.79 Å². The van der Waals surface area contributed by atoms with Crippen LogP contribution in [0.15, 0.2) is 0 Å². The number of nitrogens with one attached hydrogen (secondary N) is 2. The van der Waals surface area contributed by atoms with Crippen molar-refractivity contribution in [3.63, 3.8) is 0 Å². The van der Waals surface area contributed by atoms with Gasteiger partial charge in [-0.15, -0.1) is 0 Å². The zero-order valence-electron chi connectivity index (χ0n) is 10.3. The molecule has 1 heterocycles. The highest BCUT2D eigenvalue weighted by Crippen LogP contribution is 2.18. The Morgan fingerprint density at radius 3 is 2.50 bits per heavy atom. The van der Waals surface area contributed by atoms with E-state index in [1.54, 1.807) is 0 Å². The summed E-state index contributed by atoms with van der Waals surface area (Å²) >= 11 is 0. The summed E-state index contributed by atoms with van der Waals surface area (Å²) in [6.45, 7) is 4.03. The highest BCUT2D eigenvalue weighted by atomic mass is 16.2. The standard InChI is InChI=1S/C12H23N3O/c1-9(15(2)11-7-13-8-11)12(16)14-10-5-3-4-6-10/h9-11,13H,3-8H2,1-2H3,(H,14,16). The second-order valence-electron chi connectivity index (χ2n) is 5.14. The maximum absolute atomic E-state index is 12.0. The van der Waals surface area contributed by atoms with Gasteiger partial charge in [-0.3, -0.25) is 9.69 Å². The van der Waals surface area contributed by atoms with Crippen LogP contribution in [0.25, 0.3) is 0 Å². The summed E-state index contributed by atoms with van der Waals surface area (Å²) in [4.78, 5) is 14.2. The third kappa shape index (κ3) is 2.55. The molecule has 2 fully saturated rings. The van der Waals surface area contributed by atoms with Gasteiger partial charge < -0.3 is 10.6 Å². The predicted molar refractivity (Wildman–Crippen MR) is 64.3 cm³/mol. The monoisotopic (exact) mass is 225 g/mol. The van der Waals surface area contributed by atoms with E-state index < -0.39 is 0 Å². The first-order chi connectivity index (χ1) is 7.68. The van der Waals surface area contributed by atoms with Crippen LogP contribution in [0.1, 0.15) is 32.6 Å². The van der Waals surface area contributed by atoms with Gasteiger partial charge in [0.05, 0.1) is 6.04 Å². The third-order valence-corrected chi connectivity index (χ3v) is 4.03. The molecular formula is C12H23N3O. The molecule has 0 aromatic heterocycles. The molecular weight excluding hydrogens is 202 g/mol. The van der Waals surface area contributed by atoms with Crippen molar-refractivity contribution in [3.05, 3.63) is 0 Å². The molecule has 2 aliphatic rings. The Hall–Kier alpha value is -0.610. The lowest BCUT2D eigenvalue weighted by molar-refractivity contribution is -0.127. The number of carbonyl (C=O) groups excluding carboxylic acids is 1. The Balaban J connectivity index is 1.78. The molecule has 4 heteroatoms. The lowest BCUT2D eigenvalue weighted by atomic mass is 10.1. The second-order valence-corrected chi connectivity index (χ2v) is 5.14. The lowest BCUT2D eigenvalue weighted by Crippen LogP contribution is -2.60. The summed E-state index contributed by atoms with van der Waals surface area (Å²) in [5.74, 6) is 0.196. The van der Waals surface area contributed by atoms with Gasteiger partial charge in [0.25, 0.3) is 0 Å². The van der Waals surface area contributed by atoms with Crippen LogP contribution in [0.5, 0.6) is 0 Å². The Labute approximate surface area is 97.8 Å². The average Bonchev–Trinajstić information content (AvgIpc) is 2.66. The van der Waals surface area contributed by atoms with E-state index in [-0.39, 0.29) is 11.9 Å². The Kier molecular flexibility index (Phi) is 3.82. The zero-order valence-corrected chi connectivity index (χ0v) is 10.3. The van der Waals surface area contributed by atoms with Crippen LogP contribution in [0.4, 0.5) is 0 Å². The predicted octanol–water partition coefficient (Wildman–Crippen LogP) is 0.337. The first-order valence-corrected chi connectivity index (χ1v) is 6.41. The summed E-state index contributed by atoms with van der Waals surface area (Å²) in [7, 11) is 2.05. The van der Waals surface area contributed by atoms with Gasteiger partial charge in [-0.05, 0) is 26.8 Å². The van der Waals surface area contributed by atoms with E-state index in [1.807, 2.05) is 14.0 Å². The van der Waals surface area contributed by atoms with Crippen molar-refractivity contribution in [2.45, 2.75) is 50.7 Å². The van der Waals surface area contributed by atoms with Crippen molar-refractivity contribution >= 4 is 5.91 Å².